The van der Waals surface area contributed by atoms with Crippen molar-refractivity contribution in [3.8, 4) is 0 Å². The fraction of sp³-hybridized carbons (Fsp3) is 0.267. The van der Waals surface area contributed by atoms with Crippen molar-refractivity contribution in [3.05, 3.63) is 34.7 Å². The minimum Gasteiger partial charge on any atom is -0.431 e. The Morgan fingerprint density at radius 2 is 2.18 bits per heavy atom. The number of urea groups is 1. The van der Waals surface area contributed by atoms with Gasteiger partial charge in [0.2, 0.25) is 0 Å². The highest BCUT2D eigenvalue weighted by molar-refractivity contribution is 8.02. The zero-order valence-corrected chi connectivity index (χ0v) is 12.7. The van der Waals surface area contributed by atoms with Gasteiger partial charge in [0.25, 0.3) is 5.22 Å². The summed E-state index contributed by atoms with van der Waals surface area (Å²) in [4.78, 5) is 16.3. The van der Waals surface area contributed by atoms with E-state index in [9.17, 15) is 4.79 Å². The van der Waals surface area contributed by atoms with Crippen molar-refractivity contribution in [2.45, 2.75) is 30.9 Å². The molecule has 0 aliphatic heterocycles. The van der Waals surface area contributed by atoms with Gasteiger partial charge in [-0.2, -0.15) is 5.10 Å². The third-order valence-electron chi connectivity index (χ3n) is 3.34. The number of para-hydroxylation sites is 2. The molecule has 6 nitrogen and oxygen atoms in total. The normalized spacial score (nSPS) is 15.6. The Kier molecular flexibility index (Phi) is 4.43. The van der Waals surface area contributed by atoms with Gasteiger partial charge >= 0.3 is 6.03 Å². The Balaban J connectivity index is 1.81. The Labute approximate surface area is 131 Å². The van der Waals surface area contributed by atoms with Crippen LogP contribution in [0.15, 0.2) is 49.5 Å². The summed E-state index contributed by atoms with van der Waals surface area (Å²) in [5, 5.41) is 4.49. The number of hydrogen-bond acceptors (Lipinski definition) is 5. The van der Waals surface area contributed by atoms with Crippen molar-refractivity contribution in [1.29, 1.82) is 0 Å². The Bertz CT molecular complexity index is 718. The molecule has 2 aromatic rings. The van der Waals surface area contributed by atoms with Gasteiger partial charge < -0.3 is 10.2 Å². The molecular formula is C15H16N4O2S. The van der Waals surface area contributed by atoms with E-state index in [1.807, 2.05) is 24.3 Å². The monoisotopic (exact) mass is 316 g/mol. The predicted octanol–water partition coefficient (Wildman–Crippen LogP) is 3.40. The van der Waals surface area contributed by atoms with Crippen LogP contribution >= 0.6 is 11.8 Å². The van der Waals surface area contributed by atoms with Gasteiger partial charge in [-0.15, -0.1) is 0 Å². The molecule has 22 heavy (non-hydrogen) atoms. The summed E-state index contributed by atoms with van der Waals surface area (Å²) in [6, 6.07) is 7.03. The molecule has 1 aromatic carbocycles. The molecule has 0 saturated heterocycles. The first-order valence-electron chi connectivity index (χ1n) is 7.06. The number of amides is 2. The van der Waals surface area contributed by atoms with E-state index < -0.39 is 6.03 Å². The van der Waals surface area contributed by atoms with Crippen LogP contribution < -0.4 is 11.2 Å². The molecule has 2 amide bonds. The van der Waals surface area contributed by atoms with Crippen LogP contribution in [0.1, 0.15) is 25.7 Å². The second-order valence-corrected chi connectivity index (χ2v) is 5.99. The van der Waals surface area contributed by atoms with Crippen molar-refractivity contribution in [3.63, 3.8) is 0 Å². The Morgan fingerprint density at radius 1 is 1.36 bits per heavy atom. The second-order valence-electron chi connectivity index (χ2n) is 4.94. The molecule has 0 spiro atoms. The standard InChI is InChI=1S/C15H16N4O2S/c16-14(20)19-17-9-10-5-1-4-8-13(10)22-15-18-11-6-2-3-7-12(11)21-15/h2-3,6-7,9H,1,4-5,8H2,(H3,16,19,20)/b17-9+. The first kappa shape index (κ1) is 14.6. The van der Waals surface area contributed by atoms with Gasteiger partial charge in [-0.1, -0.05) is 12.1 Å². The maximum absolute atomic E-state index is 10.7. The fourth-order valence-electron chi connectivity index (χ4n) is 2.33. The van der Waals surface area contributed by atoms with Crippen LogP contribution in [-0.2, 0) is 0 Å². The lowest BCUT2D eigenvalue weighted by molar-refractivity contribution is 0.249. The van der Waals surface area contributed by atoms with Gasteiger partial charge in [-0.3, -0.25) is 0 Å². The number of hydrogen-bond donors (Lipinski definition) is 2. The number of hydrazone groups is 1. The maximum atomic E-state index is 10.7. The number of carbonyl (C=O) groups excluding carboxylic acids is 1. The van der Waals surface area contributed by atoms with E-state index in [-0.39, 0.29) is 0 Å². The van der Waals surface area contributed by atoms with E-state index in [0.717, 1.165) is 42.4 Å². The van der Waals surface area contributed by atoms with Crippen LogP contribution in [0.25, 0.3) is 11.1 Å². The number of nitrogens with two attached hydrogens (primary N) is 1. The molecule has 1 aromatic heterocycles. The van der Waals surface area contributed by atoms with Gasteiger partial charge in [-0.25, -0.2) is 15.2 Å². The number of fused-ring (bicyclic) bond motifs is 1. The third kappa shape index (κ3) is 3.48. The summed E-state index contributed by atoms with van der Waals surface area (Å²) in [6.45, 7) is 0. The highest BCUT2D eigenvalue weighted by Gasteiger charge is 2.16. The van der Waals surface area contributed by atoms with Crippen LogP contribution in [-0.4, -0.2) is 17.2 Å². The smallest absolute Gasteiger partial charge is 0.332 e. The van der Waals surface area contributed by atoms with Gasteiger partial charge in [0.05, 0.1) is 6.21 Å². The molecule has 0 atom stereocenters. The molecule has 0 bridgehead atoms. The maximum Gasteiger partial charge on any atom is 0.332 e. The molecular weight excluding hydrogens is 300 g/mol. The highest BCUT2D eigenvalue weighted by atomic mass is 32.2. The van der Waals surface area contributed by atoms with Crippen molar-refractivity contribution >= 4 is 35.1 Å². The molecule has 1 aliphatic carbocycles. The zero-order chi connectivity index (χ0) is 15.4. The summed E-state index contributed by atoms with van der Waals surface area (Å²) in [7, 11) is 0. The molecule has 0 radical (unpaired) electrons. The van der Waals surface area contributed by atoms with E-state index in [1.54, 1.807) is 6.21 Å². The quantitative estimate of drug-likeness (QED) is 0.667. The minimum atomic E-state index is -0.666. The van der Waals surface area contributed by atoms with Crippen LogP contribution in [0.4, 0.5) is 4.79 Å². The van der Waals surface area contributed by atoms with E-state index in [2.05, 4.69) is 15.5 Å². The van der Waals surface area contributed by atoms with Gasteiger partial charge in [0, 0.05) is 0 Å². The summed E-state index contributed by atoms with van der Waals surface area (Å²) in [5.74, 6) is 0. The zero-order valence-electron chi connectivity index (χ0n) is 11.9. The molecule has 1 aliphatic rings. The van der Waals surface area contributed by atoms with Crippen molar-refractivity contribution < 1.29 is 9.21 Å². The predicted molar refractivity (Wildman–Crippen MR) is 86.6 cm³/mol. The van der Waals surface area contributed by atoms with Gasteiger partial charge in [-0.05, 0) is 60.1 Å². The number of rotatable bonds is 4. The fourth-order valence-corrected chi connectivity index (χ4v) is 3.35. The number of nitrogens with one attached hydrogen (secondary N) is 1. The lowest BCUT2D eigenvalue weighted by Gasteiger charge is -2.15. The van der Waals surface area contributed by atoms with Gasteiger partial charge in [0.15, 0.2) is 5.58 Å². The number of allylic oxidation sites excluding steroid dienone is 2. The number of oxazole rings is 1. The molecule has 7 heteroatoms. The lowest BCUT2D eigenvalue weighted by atomic mass is 10.0. The molecule has 114 valence electrons. The number of thioether (sulfide) groups is 1. The van der Waals surface area contributed by atoms with Crippen LogP contribution in [0.2, 0.25) is 0 Å². The average Bonchev–Trinajstić information content (AvgIpc) is 2.91. The third-order valence-corrected chi connectivity index (χ3v) is 4.40. The number of aromatic nitrogens is 1. The summed E-state index contributed by atoms with van der Waals surface area (Å²) >= 11 is 1.52. The van der Waals surface area contributed by atoms with Gasteiger partial charge in [0.1, 0.15) is 5.52 Å². The average molecular weight is 316 g/mol. The first-order chi connectivity index (χ1) is 10.7. The minimum absolute atomic E-state index is 0.631. The largest absolute Gasteiger partial charge is 0.431 e. The number of nitrogens with zero attached hydrogens (tertiary/aromatic N) is 2. The van der Waals surface area contributed by atoms with E-state index in [0.29, 0.717) is 5.22 Å². The molecule has 0 unspecified atom stereocenters. The highest BCUT2D eigenvalue weighted by Crippen LogP contribution is 2.37. The topological polar surface area (TPSA) is 93.5 Å². The van der Waals surface area contributed by atoms with Crippen molar-refractivity contribution in [1.82, 2.24) is 10.4 Å². The first-order valence-corrected chi connectivity index (χ1v) is 7.88. The van der Waals surface area contributed by atoms with Crippen molar-refractivity contribution in [2.24, 2.45) is 10.8 Å². The molecule has 0 fully saturated rings. The Morgan fingerprint density at radius 3 is 3.00 bits per heavy atom. The SMILES string of the molecule is NC(=O)N/N=C/C1=C(Sc2nc3ccccc3o2)CCCC1. The van der Waals surface area contributed by atoms with E-state index >= 15 is 0 Å². The van der Waals surface area contributed by atoms with Crippen LogP contribution in [0, 0.1) is 0 Å². The molecule has 3 N–H and O–H groups in total. The summed E-state index contributed by atoms with van der Waals surface area (Å²) in [5.41, 5.74) is 9.95. The van der Waals surface area contributed by atoms with E-state index in [1.165, 1.54) is 16.7 Å². The molecule has 3 rings (SSSR count). The molecule has 0 saturated carbocycles. The number of benzene rings is 1. The number of primary amides is 1. The second kappa shape index (κ2) is 6.65. The summed E-state index contributed by atoms with van der Waals surface area (Å²) in [6.07, 6.45) is 5.78. The Hall–Kier alpha value is -2.28. The summed E-state index contributed by atoms with van der Waals surface area (Å²) < 4.78 is 5.75. The van der Waals surface area contributed by atoms with Crippen LogP contribution in [0.3, 0.4) is 0 Å². The van der Waals surface area contributed by atoms with E-state index in [4.69, 9.17) is 10.2 Å². The van der Waals surface area contributed by atoms with Crippen LogP contribution in [0.5, 0.6) is 0 Å². The molecule has 1 heterocycles. The number of carbonyl (C=O) groups is 1. The van der Waals surface area contributed by atoms with Crippen molar-refractivity contribution in [2.75, 3.05) is 0 Å². The lowest BCUT2D eigenvalue weighted by Crippen LogP contribution is -2.24.